The van der Waals surface area contributed by atoms with Gasteiger partial charge in [0.15, 0.2) is 0 Å². The largest absolute Gasteiger partial charge is 0.369 e. The van der Waals surface area contributed by atoms with Crippen LogP contribution in [-0.2, 0) is 4.79 Å². The van der Waals surface area contributed by atoms with Gasteiger partial charge in [-0.05, 0) is 31.5 Å². The Bertz CT molecular complexity index is 433. The molecule has 5 heteroatoms. The topological polar surface area (TPSA) is 62.5 Å². The quantitative estimate of drug-likeness (QED) is 0.855. The first-order chi connectivity index (χ1) is 8.58. The fraction of sp³-hybridized carbons (Fsp3) is 0.538. The fourth-order valence-corrected chi connectivity index (χ4v) is 2.42. The van der Waals surface area contributed by atoms with Gasteiger partial charge < -0.3 is 10.6 Å². The Labute approximate surface area is 108 Å². The Balaban J connectivity index is 2.19. The van der Waals surface area contributed by atoms with E-state index in [9.17, 15) is 4.79 Å². The fourth-order valence-electron chi connectivity index (χ4n) is 2.42. The number of hydrogen-bond acceptors (Lipinski definition) is 4. The van der Waals surface area contributed by atoms with Crippen molar-refractivity contribution in [2.24, 2.45) is 5.73 Å². The van der Waals surface area contributed by atoms with Gasteiger partial charge in [0.05, 0.1) is 18.3 Å². The molecule has 0 unspecified atom stereocenters. The van der Waals surface area contributed by atoms with Gasteiger partial charge in [0.25, 0.3) is 0 Å². The minimum absolute atomic E-state index is 0.220. The summed E-state index contributed by atoms with van der Waals surface area (Å²) in [7, 11) is 3.95. The highest BCUT2D eigenvalue weighted by atomic mass is 16.1. The van der Waals surface area contributed by atoms with Crippen LogP contribution in [0.5, 0.6) is 0 Å². The second-order valence-corrected chi connectivity index (χ2v) is 4.91. The summed E-state index contributed by atoms with van der Waals surface area (Å²) in [6.07, 6.45) is 2.13. The first kappa shape index (κ1) is 12.8. The summed E-state index contributed by atoms with van der Waals surface area (Å²) < 4.78 is 0. The van der Waals surface area contributed by atoms with E-state index in [2.05, 4.69) is 9.88 Å². The smallest absolute Gasteiger partial charge is 0.231 e. The van der Waals surface area contributed by atoms with Crippen molar-refractivity contribution in [3.05, 3.63) is 23.9 Å². The first-order valence-corrected chi connectivity index (χ1v) is 6.24. The maximum absolute atomic E-state index is 11.1. The number of hydrogen-bond donors (Lipinski definition) is 1. The number of amides is 1. The predicted molar refractivity (Wildman–Crippen MR) is 71.3 cm³/mol. The van der Waals surface area contributed by atoms with Crippen LogP contribution in [0.2, 0.25) is 0 Å². The van der Waals surface area contributed by atoms with Gasteiger partial charge >= 0.3 is 0 Å². The van der Waals surface area contributed by atoms with Crippen molar-refractivity contribution >= 4 is 11.7 Å². The number of aromatic nitrogens is 1. The molecule has 1 fully saturated rings. The minimum Gasteiger partial charge on any atom is -0.369 e. The van der Waals surface area contributed by atoms with Gasteiger partial charge in [0.1, 0.15) is 5.82 Å². The Morgan fingerprint density at radius 2 is 2.33 bits per heavy atom. The lowest BCUT2D eigenvalue weighted by Gasteiger charge is -2.23. The summed E-state index contributed by atoms with van der Waals surface area (Å²) in [5.74, 6) is 0.670. The summed E-state index contributed by atoms with van der Waals surface area (Å²) in [4.78, 5) is 19.8. The van der Waals surface area contributed by atoms with Gasteiger partial charge in [-0.2, -0.15) is 0 Å². The third kappa shape index (κ3) is 2.79. The van der Waals surface area contributed by atoms with Crippen LogP contribution in [-0.4, -0.2) is 43.0 Å². The zero-order valence-corrected chi connectivity index (χ0v) is 11.0. The summed E-state index contributed by atoms with van der Waals surface area (Å²) in [6.45, 7) is 1.24. The monoisotopic (exact) mass is 248 g/mol. The molecule has 98 valence electrons. The molecule has 1 atom stereocenters. The molecule has 1 saturated heterocycles. The van der Waals surface area contributed by atoms with Gasteiger partial charge in [-0.1, -0.05) is 6.07 Å². The zero-order valence-electron chi connectivity index (χ0n) is 11.0. The lowest BCUT2D eigenvalue weighted by Crippen LogP contribution is -2.33. The second-order valence-electron chi connectivity index (χ2n) is 4.91. The number of likely N-dealkylation sites (tertiary alicyclic amines) is 1. The Kier molecular flexibility index (Phi) is 3.81. The van der Waals surface area contributed by atoms with Crippen LogP contribution >= 0.6 is 0 Å². The van der Waals surface area contributed by atoms with Crippen LogP contribution in [0.1, 0.15) is 24.6 Å². The molecule has 2 rings (SSSR count). The SMILES string of the molecule is CN(C)c1cccc([C@@H]2CCCN2CC(N)=O)n1. The summed E-state index contributed by atoms with van der Waals surface area (Å²) in [5.41, 5.74) is 6.31. The van der Waals surface area contributed by atoms with Gasteiger partial charge in [-0.15, -0.1) is 0 Å². The number of anilines is 1. The number of pyridine rings is 1. The summed E-state index contributed by atoms with van der Waals surface area (Å²) in [6, 6.07) is 6.24. The van der Waals surface area contributed by atoms with E-state index in [1.54, 1.807) is 0 Å². The van der Waals surface area contributed by atoms with Crippen molar-refractivity contribution in [2.45, 2.75) is 18.9 Å². The van der Waals surface area contributed by atoms with E-state index in [1.807, 2.05) is 37.2 Å². The molecule has 0 bridgehead atoms. The number of rotatable bonds is 4. The Morgan fingerprint density at radius 3 is 3.00 bits per heavy atom. The highest BCUT2D eigenvalue weighted by Crippen LogP contribution is 2.30. The van der Waals surface area contributed by atoms with Crippen molar-refractivity contribution in [3.63, 3.8) is 0 Å². The van der Waals surface area contributed by atoms with E-state index in [1.165, 1.54) is 0 Å². The number of carbonyl (C=O) groups is 1. The molecule has 1 aromatic heterocycles. The lowest BCUT2D eigenvalue weighted by molar-refractivity contribution is -0.119. The Hall–Kier alpha value is -1.62. The first-order valence-electron chi connectivity index (χ1n) is 6.24. The van der Waals surface area contributed by atoms with Crippen molar-refractivity contribution in [1.29, 1.82) is 0 Å². The molecule has 5 nitrogen and oxygen atoms in total. The highest BCUT2D eigenvalue weighted by Gasteiger charge is 2.28. The number of carbonyl (C=O) groups excluding carboxylic acids is 1. The molecule has 18 heavy (non-hydrogen) atoms. The molecule has 1 aromatic rings. The molecule has 0 aromatic carbocycles. The van der Waals surface area contributed by atoms with Gasteiger partial charge in [-0.25, -0.2) is 4.98 Å². The molecule has 0 aliphatic carbocycles. The number of nitrogens with zero attached hydrogens (tertiary/aromatic N) is 3. The molecular weight excluding hydrogens is 228 g/mol. The van der Waals surface area contributed by atoms with Crippen LogP contribution < -0.4 is 10.6 Å². The van der Waals surface area contributed by atoms with Crippen molar-refractivity contribution < 1.29 is 4.79 Å². The zero-order chi connectivity index (χ0) is 13.1. The average Bonchev–Trinajstić information content (AvgIpc) is 2.76. The molecule has 0 saturated carbocycles. The molecule has 1 aliphatic rings. The maximum atomic E-state index is 11.1. The van der Waals surface area contributed by atoms with Crippen LogP contribution in [0.3, 0.4) is 0 Å². The van der Waals surface area contributed by atoms with Crippen molar-refractivity contribution in [3.8, 4) is 0 Å². The van der Waals surface area contributed by atoms with Crippen molar-refractivity contribution in [1.82, 2.24) is 9.88 Å². The van der Waals surface area contributed by atoms with Gasteiger partial charge in [0.2, 0.25) is 5.91 Å². The van der Waals surface area contributed by atoms with Crippen LogP contribution in [0.15, 0.2) is 18.2 Å². The van der Waals surface area contributed by atoms with Crippen LogP contribution in [0.4, 0.5) is 5.82 Å². The molecule has 2 heterocycles. The van der Waals surface area contributed by atoms with Gasteiger partial charge in [0, 0.05) is 14.1 Å². The second kappa shape index (κ2) is 5.35. The van der Waals surface area contributed by atoms with E-state index >= 15 is 0 Å². The standard InChI is InChI=1S/C13H20N4O/c1-16(2)13-7-3-5-10(15-13)11-6-4-8-17(11)9-12(14)18/h3,5,7,11H,4,6,8-9H2,1-2H3,(H2,14,18)/t11-/m0/s1. The molecular formula is C13H20N4O. The average molecular weight is 248 g/mol. The molecule has 0 radical (unpaired) electrons. The van der Waals surface area contributed by atoms with E-state index in [4.69, 9.17) is 5.73 Å². The number of nitrogens with two attached hydrogens (primary N) is 1. The minimum atomic E-state index is -0.273. The third-order valence-electron chi connectivity index (χ3n) is 3.28. The Morgan fingerprint density at radius 1 is 1.56 bits per heavy atom. The maximum Gasteiger partial charge on any atom is 0.231 e. The van der Waals surface area contributed by atoms with Gasteiger partial charge in [-0.3, -0.25) is 9.69 Å². The normalized spacial score (nSPS) is 20.0. The molecule has 0 spiro atoms. The van der Waals surface area contributed by atoms with E-state index in [-0.39, 0.29) is 11.9 Å². The van der Waals surface area contributed by atoms with Crippen LogP contribution in [0.25, 0.3) is 0 Å². The third-order valence-corrected chi connectivity index (χ3v) is 3.28. The molecule has 1 amide bonds. The van der Waals surface area contributed by atoms with Crippen LogP contribution in [0, 0.1) is 0 Å². The summed E-state index contributed by atoms with van der Waals surface area (Å²) in [5, 5.41) is 0. The summed E-state index contributed by atoms with van der Waals surface area (Å²) >= 11 is 0. The molecule has 1 aliphatic heterocycles. The lowest BCUT2D eigenvalue weighted by atomic mass is 10.1. The number of primary amides is 1. The molecule has 2 N–H and O–H groups in total. The predicted octanol–water partition coefficient (Wildman–Crippen LogP) is 0.770. The highest BCUT2D eigenvalue weighted by molar-refractivity contribution is 5.76. The van der Waals surface area contributed by atoms with Crippen molar-refractivity contribution in [2.75, 3.05) is 32.1 Å². The van der Waals surface area contributed by atoms with E-state index in [0.29, 0.717) is 6.54 Å². The van der Waals surface area contributed by atoms with E-state index in [0.717, 1.165) is 30.9 Å². The van der Waals surface area contributed by atoms with E-state index < -0.39 is 0 Å².